The fraction of sp³-hybridized carbons (Fsp3) is 0.667. The van der Waals surface area contributed by atoms with Crippen molar-refractivity contribution in [2.45, 2.75) is 90.5 Å². The molecule has 2 saturated carbocycles. The molecule has 0 spiro atoms. The lowest BCUT2D eigenvalue weighted by atomic mass is 9.83. The first kappa shape index (κ1) is 28.7. The van der Waals surface area contributed by atoms with E-state index in [1.807, 2.05) is 0 Å². The number of nitrogens with zero attached hydrogens (tertiary/aromatic N) is 4. The highest BCUT2D eigenvalue weighted by molar-refractivity contribution is 5.72. The summed E-state index contributed by atoms with van der Waals surface area (Å²) in [5.41, 5.74) is 0.300. The van der Waals surface area contributed by atoms with Gasteiger partial charge in [0.15, 0.2) is 0 Å². The predicted molar refractivity (Wildman–Crippen MR) is 137 cm³/mol. The molecule has 0 aromatic carbocycles. The van der Waals surface area contributed by atoms with Gasteiger partial charge in [-0.05, 0) is 64.0 Å². The Bertz CT molecular complexity index is 1140. The van der Waals surface area contributed by atoms with Crippen LogP contribution >= 0.6 is 0 Å². The van der Waals surface area contributed by atoms with E-state index < -0.39 is 24.3 Å². The Morgan fingerprint density at radius 2 is 1.92 bits per heavy atom. The normalized spacial score (nSPS) is 19.6. The van der Waals surface area contributed by atoms with Crippen molar-refractivity contribution in [1.82, 2.24) is 25.3 Å². The number of carbonyl (C=O) groups excluding carboxylic acids is 2. The Morgan fingerprint density at radius 1 is 1.15 bits per heavy atom. The summed E-state index contributed by atoms with van der Waals surface area (Å²) in [5.74, 6) is 0.0153. The second-order valence-electron chi connectivity index (χ2n) is 10.6. The van der Waals surface area contributed by atoms with Crippen molar-refractivity contribution in [3.63, 3.8) is 0 Å². The Balaban J connectivity index is 1.41. The van der Waals surface area contributed by atoms with Crippen molar-refractivity contribution >= 4 is 12.1 Å². The van der Waals surface area contributed by atoms with Crippen LogP contribution in [0.4, 0.5) is 13.6 Å². The van der Waals surface area contributed by atoms with Gasteiger partial charge in [-0.2, -0.15) is 0 Å². The number of hydrogen-bond acceptors (Lipinski definition) is 8. The number of halogens is 2. The van der Waals surface area contributed by atoms with E-state index in [0.717, 1.165) is 12.8 Å². The first-order valence-corrected chi connectivity index (χ1v) is 13.7. The van der Waals surface area contributed by atoms with Gasteiger partial charge in [0.2, 0.25) is 0 Å². The molecule has 2 aromatic heterocycles. The van der Waals surface area contributed by atoms with E-state index >= 15 is 0 Å². The molecule has 2 aromatic rings. The van der Waals surface area contributed by atoms with Gasteiger partial charge in [0.05, 0.1) is 23.8 Å². The first-order chi connectivity index (χ1) is 18.7. The predicted octanol–water partition coefficient (Wildman–Crippen LogP) is 5.12. The zero-order valence-corrected chi connectivity index (χ0v) is 22.7. The number of esters is 1. The van der Waals surface area contributed by atoms with Gasteiger partial charge in [0, 0.05) is 13.6 Å². The molecule has 0 bridgehead atoms. The fourth-order valence-electron chi connectivity index (χ4n) is 4.91. The van der Waals surface area contributed by atoms with Crippen LogP contribution in [0.1, 0.15) is 83.0 Å². The molecule has 4 rings (SSSR count). The third kappa shape index (κ3) is 7.63. The number of hydrogen-bond donors (Lipinski definition) is 1. The molecule has 0 unspecified atom stereocenters. The highest BCUT2D eigenvalue weighted by atomic mass is 19.3. The van der Waals surface area contributed by atoms with Gasteiger partial charge in [-0.1, -0.05) is 24.5 Å². The highest BCUT2D eigenvalue weighted by Crippen LogP contribution is 2.35. The molecule has 1 amide bonds. The molecule has 2 aliphatic carbocycles. The molecule has 2 atom stereocenters. The molecule has 214 valence electrons. The van der Waals surface area contributed by atoms with Crippen molar-refractivity contribution < 1.29 is 32.6 Å². The van der Waals surface area contributed by atoms with E-state index in [4.69, 9.17) is 14.2 Å². The summed E-state index contributed by atoms with van der Waals surface area (Å²) in [6.07, 6.45) is 2.93. The van der Waals surface area contributed by atoms with Crippen LogP contribution in [0.2, 0.25) is 0 Å². The first-order valence-electron chi connectivity index (χ1n) is 13.7. The minimum absolute atomic E-state index is 0.0378. The maximum absolute atomic E-state index is 14.1. The van der Waals surface area contributed by atoms with E-state index in [9.17, 15) is 18.4 Å². The number of pyridine rings is 1. The summed E-state index contributed by atoms with van der Waals surface area (Å²) >= 11 is 0. The Morgan fingerprint density at radius 3 is 2.62 bits per heavy atom. The summed E-state index contributed by atoms with van der Waals surface area (Å²) < 4.78 is 46.1. The lowest BCUT2D eigenvalue weighted by Gasteiger charge is -2.29. The maximum atomic E-state index is 14.1. The highest BCUT2D eigenvalue weighted by Gasteiger charge is 2.31. The molecule has 2 aliphatic rings. The zero-order chi connectivity index (χ0) is 27.9. The minimum Gasteiger partial charge on any atom is -0.488 e. The summed E-state index contributed by atoms with van der Waals surface area (Å²) in [6, 6.07) is 2.97. The number of alkyl halides is 2. The lowest BCUT2D eigenvalue weighted by molar-refractivity contribution is -0.154. The molecule has 1 N–H and O–H groups in total. The number of amides is 1. The zero-order valence-electron chi connectivity index (χ0n) is 22.7. The topological polar surface area (TPSA) is 117 Å². The van der Waals surface area contributed by atoms with Gasteiger partial charge in [0.25, 0.3) is 6.43 Å². The molecular weight excluding hydrogens is 512 g/mol. The molecule has 2 heterocycles. The van der Waals surface area contributed by atoms with Crippen LogP contribution in [0.15, 0.2) is 12.1 Å². The van der Waals surface area contributed by atoms with Gasteiger partial charge in [-0.3, -0.25) is 4.79 Å². The van der Waals surface area contributed by atoms with Crippen molar-refractivity contribution in [3.8, 4) is 17.1 Å². The molecular formula is C27H37F2N5O5. The van der Waals surface area contributed by atoms with Crippen molar-refractivity contribution in [1.29, 1.82) is 0 Å². The largest absolute Gasteiger partial charge is 0.488 e. The number of carbonyl (C=O) groups is 2. The van der Waals surface area contributed by atoms with Crippen molar-refractivity contribution in [3.05, 3.63) is 23.5 Å². The Kier molecular flexibility index (Phi) is 9.68. The van der Waals surface area contributed by atoms with Gasteiger partial charge in [0.1, 0.15) is 29.4 Å². The third-order valence-electron chi connectivity index (χ3n) is 7.27. The summed E-state index contributed by atoms with van der Waals surface area (Å²) in [5, 5.41) is 10.8. The summed E-state index contributed by atoms with van der Waals surface area (Å²) in [6.45, 7) is 3.98. The van der Waals surface area contributed by atoms with E-state index in [1.165, 1.54) is 36.1 Å². The van der Waals surface area contributed by atoms with Gasteiger partial charge in [-0.15, -0.1) is 5.10 Å². The van der Waals surface area contributed by atoms with E-state index in [1.54, 1.807) is 20.9 Å². The second kappa shape index (κ2) is 13.2. The molecule has 0 radical (unpaired) electrons. The van der Waals surface area contributed by atoms with Gasteiger partial charge in [-0.25, -0.2) is 23.2 Å². The number of ether oxygens (including phenoxy) is 3. The lowest BCUT2D eigenvalue weighted by Crippen LogP contribution is -2.32. The van der Waals surface area contributed by atoms with Gasteiger partial charge >= 0.3 is 12.1 Å². The molecule has 0 aliphatic heterocycles. The monoisotopic (exact) mass is 549 g/mol. The standard InChI is InChI=1S/C27H37F2N5O5/c1-16(2)38-26(35)18-8-5-9-19(14-18)39-22-11-10-20(31-24(22)25(28)29)23-21(34(3)33-32-23)15-37-27(36)30-13-12-17-6-4-7-17/h10-11,16-19,25H,4-9,12-15H2,1-3H3,(H,30,36)/t18-,19-/m0/s1. The number of aryl methyl sites for hydroxylation is 1. The Labute approximate surface area is 226 Å². The number of rotatable bonds is 11. The average molecular weight is 550 g/mol. The van der Waals surface area contributed by atoms with Crippen LogP contribution < -0.4 is 10.1 Å². The average Bonchev–Trinajstić information content (AvgIpc) is 3.24. The Hall–Kier alpha value is -3.31. The van der Waals surface area contributed by atoms with Crippen LogP contribution in [0.5, 0.6) is 5.75 Å². The maximum Gasteiger partial charge on any atom is 0.407 e. The summed E-state index contributed by atoms with van der Waals surface area (Å²) in [4.78, 5) is 28.6. The van der Waals surface area contributed by atoms with Crippen LogP contribution in [0, 0.1) is 11.8 Å². The minimum atomic E-state index is -2.90. The molecule has 2 fully saturated rings. The SMILES string of the molecule is CC(C)OC(=O)[C@H]1CCC[C@H](Oc2ccc(-c3nnn(C)c3COC(=O)NCCC3CCC3)nc2C(F)F)C1. The molecule has 39 heavy (non-hydrogen) atoms. The van der Waals surface area contributed by atoms with E-state index in [2.05, 4.69) is 20.6 Å². The van der Waals surface area contributed by atoms with Crippen molar-refractivity contribution in [2.75, 3.05) is 6.54 Å². The van der Waals surface area contributed by atoms with Crippen molar-refractivity contribution in [2.24, 2.45) is 18.9 Å². The van der Waals surface area contributed by atoms with Crippen LogP contribution in [0.25, 0.3) is 11.4 Å². The molecule has 0 saturated heterocycles. The van der Waals surface area contributed by atoms with Crippen LogP contribution in [-0.2, 0) is 27.9 Å². The van der Waals surface area contributed by atoms with Crippen LogP contribution in [0.3, 0.4) is 0 Å². The number of nitrogens with one attached hydrogen (secondary N) is 1. The smallest absolute Gasteiger partial charge is 0.407 e. The number of aromatic nitrogens is 4. The molecule has 12 heteroatoms. The summed E-state index contributed by atoms with van der Waals surface area (Å²) in [7, 11) is 1.62. The van der Waals surface area contributed by atoms with E-state index in [-0.39, 0.29) is 41.7 Å². The molecule has 10 nitrogen and oxygen atoms in total. The fourth-order valence-corrected chi connectivity index (χ4v) is 4.91. The van der Waals surface area contributed by atoms with Crippen LogP contribution in [-0.4, -0.2) is 50.8 Å². The second-order valence-corrected chi connectivity index (χ2v) is 10.6. The van der Waals surface area contributed by atoms with E-state index in [0.29, 0.717) is 37.4 Å². The third-order valence-corrected chi connectivity index (χ3v) is 7.27. The quantitative estimate of drug-likeness (QED) is 0.384. The number of alkyl carbamates (subject to hydrolysis) is 1. The van der Waals surface area contributed by atoms with Gasteiger partial charge < -0.3 is 19.5 Å².